The first-order valence-corrected chi connectivity index (χ1v) is 15.4. The molecule has 1 aliphatic carbocycles. The fourth-order valence-corrected chi connectivity index (χ4v) is 9.17. The highest BCUT2D eigenvalue weighted by atomic mass is 32.2. The third-order valence-electron chi connectivity index (χ3n) is 9.20. The van der Waals surface area contributed by atoms with Crippen LogP contribution < -0.4 is 4.74 Å². The van der Waals surface area contributed by atoms with E-state index in [1.165, 1.54) is 4.90 Å². The molecule has 0 bridgehead atoms. The van der Waals surface area contributed by atoms with Gasteiger partial charge < -0.3 is 14.7 Å². The average molecular weight is 670 g/mol. The molecule has 4 atom stereocenters. The summed E-state index contributed by atoms with van der Waals surface area (Å²) >= 11 is 0. The van der Waals surface area contributed by atoms with Gasteiger partial charge in [0.2, 0.25) is 5.91 Å². The van der Waals surface area contributed by atoms with Crippen molar-refractivity contribution in [1.29, 1.82) is 0 Å². The number of nitrogens with zero attached hydrogens (tertiary/aromatic N) is 1. The molecule has 0 aromatic heterocycles. The summed E-state index contributed by atoms with van der Waals surface area (Å²) in [7, 11) is -4.61. The predicted octanol–water partition coefficient (Wildman–Crippen LogP) is 5.92. The smallest absolute Gasteiger partial charge is 0.435 e. The monoisotopic (exact) mass is 669 g/mol. The van der Waals surface area contributed by atoms with E-state index in [0.717, 1.165) is 24.3 Å². The number of carboxylic acid groups (broad SMARTS) is 1. The number of alkyl halides is 7. The van der Waals surface area contributed by atoms with Crippen LogP contribution in [0.3, 0.4) is 0 Å². The topological polar surface area (TPSA) is 101 Å². The van der Waals surface area contributed by atoms with Gasteiger partial charge in [-0.3, -0.25) is 9.59 Å². The van der Waals surface area contributed by atoms with Gasteiger partial charge in [0, 0.05) is 36.1 Å². The molecule has 3 aliphatic rings. The van der Waals surface area contributed by atoms with Gasteiger partial charge in [0.1, 0.15) is 16.3 Å². The first kappa shape index (κ1) is 32.9. The van der Waals surface area contributed by atoms with Crippen LogP contribution in [0.4, 0.5) is 35.1 Å². The molecule has 1 amide bonds. The highest BCUT2D eigenvalue weighted by molar-refractivity contribution is 7.92. The number of piperidine rings is 1. The maximum Gasteiger partial charge on any atom is 0.435 e. The normalized spacial score (nSPS) is 26.0. The van der Waals surface area contributed by atoms with E-state index in [1.807, 2.05) is 0 Å². The van der Waals surface area contributed by atoms with Crippen LogP contribution in [-0.4, -0.2) is 62.3 Å². The molecule has 1 N–H and O–H groups in total. The zero-order valence-corrected chi connectivity index (χ0v) is 24.1. The Morgan fingerprint density at radius 2 is 1.56 bits per heavy atom. The number of fused-ring (bicyclic) bond motifs is 3. The number of amides is 1. The van der Waals surface area contributed by atoms with Crippen LogP contribution >= 0.6 is 0 Å². The fraction of sp³-hybridized carbons (Fsp3) is 0.517. The highest BCUT2D eigenvalue weighted by Crippen LogP contribution is 2.57. The highest BCUT2D eigenvalue weighted by Gasteiger charge is 2.74. The van der Waals surface area contributed by atoms with E-state index in [2.05, 4.69) is 0 Å². The van der Waals surface area contributed by atoms with Crippen molar-refractivity contribution in [3.05, 3.63) is 59.4 Å². The minimum Gasteiger partial charge on any atom is -0.493 e. The Hall–Kier alpha value is -3.43. The maximum atomic E-state index is 14.9. The fourth-order valence-electron chi connectivity index (χ4n) is 6.86. The molecule has 0 radical (unpaired) electrons. The number of halogens is 8. The zero-order chi connectivity index (χ0) is 33.2. The number of ether oxygens (including phenoxy) is 1. The van der Waals surface area contributed by atoms with Gasteiger partial charge in [0.05, 0.1) is 17.4 Å². The second kappa shape index (κ2) is 11.1. The van der Waals surface area contributed by atoms with E-state index in [4.69, 9.17) is 4.74 Å². The third kappa shape index (κ3) is 5.22. The van der Waals surface area contributed by atoms with Gasteiger partial charge in [-0.2, -0.15) is 26.3 Å². The molecule has 45 heavy (non-hydrogen) atoms. The van der Waals surface area contributed by atoms with Crippen molar-refractivity contribution >= 4 is 21.7 Å². The molecule has 2 heterocycles. The van der Waals surface area contributed by atoms with Crippen LogP contribution in [0.2, 0.25) is 0 Å². The first-order valence-electron chi connectivity index (χ1n) is 14.0. The van der Waals surface area contributed by atoms with Gasteiger partial charge in [0.15, 0.2) is 9.84 Å². The SMILES string of the molecule is O=C(O)C1CCCC(C(=O)N2CCC3(S(=O)(=O)c4ccc(F)cc4)c4ccc(C(F)(C(F)(F)F)C(F)(F)F)cc4OCC3C2)C1. The van der Waals surface area contributed by atoms with Gasteiger partial charge in [-0.1, -0.05) is 18.6 Å². The molecule has 0 spiro atoms. The number of carbonyl (C=O) groups excluding carboxylic acids is 1. The van der Waals surface area contributed by atoms with Crippen molar-refractivity contribution in [3.63, 3.8) is 0 Å². The predicted molar refractivity (Wildman–Crippen MR) is 140 cm³/mol. The summed E-state index contributed by atoms with van der Waals surface area (Å²) in [5, 5.41) is 9.42. The second-order valence-electron chi connectivity index (χ2n) is 11.7. The van der Waals surface area contributed by atoms with Crippen molar-refractivity contribution in [2.24, 2.45) is 17.8 Å². The molecule has 5 rings (SSSR count). The van der Waals surface area contributed by atoms with Crippen molar-refractivity contribution in [3.8, 4) is 5.75 Å². The molecule has 2 aromatic carbocycles. The van der Waals surface area contributed by atoms with E-state index in [0.29, 0.717) is 25.3 Å². The number of carbonyl (C=O) groups is 2. The average Bonchev–Trinajstić information content (AvgIpc) is 2.98. The number of hydrogen-bond acceptors (Lipinski definition) is 5. The summed E-state index contributed by atoms with van der Waals surface area (Å²) in [6, 6.07) is 4.75. The van der Waals surface area contributed by atoms with E-state index in [1.54, 1.807) is 0 Å². The Labute approximate surface area is 252 Å². The number of hydrogen-bond donors (Lipinski definition) is 1. The Bertz CT molecular complexity index is 1580. The molecule has 2 aromatic rings. The lowest BCUT2D eigenvalue weighted by Crippen LogP contribution is -2.59. The molecule has 7 nitrogen and oxygen atoms in total. The van der Waals surface area contributed by atoms with E-state index in [9.17, 15) is 58.2 Å². The van der Waals surface area contributed by atoms with Gasteiger partial charge in [0.25, 0.3) is 0 Å². The molecule has 16 heteroatoms. The number of sulfone groups is 1. The Balaban J connectivity index is 1.59. The second-order valence-corrected chi connectivity index (χ2v) is 13.9. The number of carboxylic acids is 1. The summed E-state index contributed by atoms with van der Waals surface area (Å²) < 4.78 is 142. The maximum absolute atomic E-state index is 14.9. The van der Waals surface area contributed by atoms with E-state index >= 15 is 0 Å². The lowest BCUT2D eigenvalue weighted by atomic mass is 9.76. The summed E-state index contributed by atoms with van der Waals surface area (Å²) in [5.74, 6) is -5.42. The standard InChI is InChI=1S/C29H27F8NO6S/c30-20-5-7-21(8-6-20)45(42,43)26-10-11-38(24(39)16-2-1-3-17(12-16)25(40)41)14-19(26)15-44-23-13-18(4-9-22(23)26)27(31,28(32,33)34)29(35,36)37/h4-9,13,16-17,19H,1-3,10-12,14-15H2,(H,40,41). The van der Waals surface area contributed by atoms with Crippen molar-refractivity contribution < 1.29 is 63.0 Å². The summed E-state index contributed by atoms with van der Waals surface area (Å²) in [5.41, 5.74) is -7.97. The first-order chi connectivity index (χ1) is 20.8. The van der Waals surface area contributed by atoms with Gasteiger partial charge >= 0.3 is 24.0 Å². The third-order valence-corrected chi connectivity index (χ3v) is 11.8. The molecule has 246 valence electrons. The molecular formula is C29H27F8NO6S. The van der Waals surface area contributed by atoms with Crippen molar-refractivity contribution in [1.82, 2.24) is 4.90 Å². The Morgan fingerprint density at radius 1 is 0.933 bits per heavy atom. The minimum absolute atomic E-state index is 0.0832. The van der Waals surface area contributed by atoms with Gasteiger partial charge in [-0.25, -0.2) is 17.2 Å². The van der Waals surface area contributed by atoms with Crippen molar-refractivity contribution in [2.45, 2.75) is 59.8 Å². The van der Waals surface area contributed by atoms with Crippen LogP contribution in [0.5, 0.6) is 5.75 Å². The largest absolute Gasteiger partial charge is 0.493 e. The van der Waals surface area contributed by atoms with Gasteiger partial charge in [-0.05, 0) is 56.0 Å². The number of aliphatic carboxylic acids is 1. The van der Waals surface area contributed by atoms with Crippen LogP contribution in [0.1, 0.15) is 43.2 Å². The summed E-state index contributed by atoms with van der Waals surface area (Å²) in [4.78, 5) is 26.0. The Kier molecular flexibility index (Phi) is 8.14. The molecular weight excluding hydrogens is 642 g/mol. The van der Waals surface area contributed by atoms with Crippen molar-refractivity contribution in [2.75, 3.05) is 19.7 Å². The van der Waals surface area contributed by atoms with Crippen LogP contribution in [-0.2, 0) is 29.8 Å². The van der Waals surface area contributed by atoms with Gasteiger partial charge in [-0.15, -0.1) is 0 Å². The molecule has 1 saturated carbocycles. The minimum atomic E-state index is -6.42. The number of likely N-dealkylation sites (tertiary alicyclic amines) is 1. The van der Waals surface area contributed by atoms with Crippen LogP contribution in [0, 0.1) is 23.6 Å². The van der Waals surface area contributed by atoms with E-state index < -0.39 is 90.9 Å². The quantitative estimate of drug-likeness (QED) is 0.314. The molecule has 2 fully saturated rings. The zero-order valence-electron chi connectivity index (χ0n) is 23.3. The molecule has 2 aliphatic heterocycles. The summed E-state index contributed by atoms with van der Waals surface area (Å²) in [6.07, 6.45) is -11.8. The van der Waals surface area contributed by atoms with E-state index in [-0.39, 0.29) is 43.6 Å². The lowest BCUT2D eigenvalue weighted by Gasteiger charge is -2.50. The molecule has 1 saturated heterocycles. The van der Waals surface area contributed by atoms with Crippen LogP contribution in [0.25, 0.3) is 0 Å². The Morgan fingerprint density at radius 3 is 2.16 bits per heavy atom. The number of benzene rings is 2. The summed E-state index contributed by atoms with van der Waals surface area (Å²) in [6.45, 7) is -1.06. The molecule has 4 unspecified atom stereocenters. The van der Waals surface area contributed by atoms with Crippen LogP contribution in [0.15, 0.2) is 47.4 Å². The number of rotatable bonds is 5. The lowest BCUT2D eigenvalue weighted by molar-refractivity contribution is -0.348.